The zero-order chi connectivity index (χ0) is 64.0. The number of aliphatic hydroxyl groups is 14. The Morgan fingerprint density at radius 2 is 1.29 bits per heavy atom. The van der Waals surface area contributed by atoms with Crippen LogP contribution in [0.25, 0.3) is 0 Å². The predicted octanol–water partition coefficient (Wildman–Crippen LogP) is 4.70. The summed E-state index contributed by atoms with van der Waals surface area (Å²) in [5.41, 5.74) is 6.49. The maximum Gasteiger partial charge on any atom is 0.306 e. The Hall–Kier alpha value is -4.36. The summed E-state index contributed by atoms with van der Waals surface area (Å²) < 4.78 is 12.0. The Labute approximate surface area is 510 Å². The Kier molecular flexibility index (Phi) is 40.7. The minimum atomic E-state index is -1.72. The molecule has 0 aromatic carbocycles. The first kappa shape index (κ1) is 77.7. The van der Waals surface area contributed by atoms with E-state index in [1.807, 2.05) is 61.6 Å². The fourth-order valence-corrected chi connectivity index (χ4v) is 10.0. The standard InChI is InChI=1S/C67H107NO18/c1-5-6-24-48-25-17-18-33-58(77)47(4)64(81)45(2)23-15-13-11-9-7-8-10-12-14-16-34-63(80)85-57(32-21-28-49(69)26-19-27-50(70)31-22-37-68)42-55(75)40-53(73)38-51(71)29-20-30-52(72)39-54(74)41-56(76)43-59(78)46(3)61(36-35-48)86-62-44-60(79)65(82)67(84)66(62)83/h5,7-15,18-21,23,26,30,32-33,35,45-47,49-58,60-62,64-67,69-77,79,81-84H,1,6,16-17,22,24-25,27-29,31,34,36-44,68H2,2-4H3/b9-7+,10-8+,13-11+,14-12+,23-15+,26-19+,30-20+,32-21+,33-18+,48-35+. The van der Waals surface area contributed by atoms with Crippen molar-refractivity contribution >= 4 is 11.8 Å². The van der Waals surface area contributed by atoms with Crippen molar-refractivity contribution in [3.8, 4) is 0 Å². The molecule has 1 aliphatic carbocycles. The number of Topliss-reactive ketones (excluding diaryl/α,β-unsaturated/α-hetero) is 1. The second-order valence-corrected chi connectivity index (χ2v) is 23.2. The highest BCUT2D eigenvalue weighted by Gasteiger charge is 2.44. The SMILES string of the molecule is C=CCC/C1=C\CC(OC2CC(O)C(O)C(O)C2O)C(C)C(=O)CC(O)CC(O)CC(O)/C=C/CC(O)CC(O)CC(O)CC(/C=C/CC(O)/C=C/CC(O)CCCN)OC(=O)CC/C=C/C=C/C=C/C=C/C=C/C(C)C(O)C(C)C(O)/C=C/CC1. The number of hydrogen-bond acceptors (Lipinski definition) is 19. The van der Waals surface area contributed by atoms with E-state index >= 15 is 0 Å². The lowest BCUT2D eigenvalue weighted by Gasteiger charge is -2.40. The van der Waals surface area contributed by atoms with Crippen LogP contribution in [0.3, 0.4) is 0 Å². The molecule has 86 heavy (non-hydrogen) atoms. The zero-order valence-corrected chi connectivity index (χ0v) is 50.9. The average Bonchev–Trinajstić information content (AvgIpc) is 2.13. The Bertz CT molecular complexity index is 2190. The molecule has 0 aromatic rings. The largest absolute Gasteiger partial charge is 0.458 e. The number of nitrogens with two attached hydrogens (primary N) is 1. The average molecular weight is 1210 g/mol. The Morgan fingerprint density at radius 3 is 1.99 bits per heavy atom. The van der Waals surface area contributed by atoms with Gasteiger partial charge in [0, 0.05) is 49.9 Å². The lowest BCUT2D eigenvalue weighted by atomic mass is 9.86. The quantitative estimate of drug-likeness (QED) is 0.0828. The van der Waals surface area contributed by atoms with Crippen LogP contribution in [0.5, 0.6) is 0 Å². The number of rotatable bonds is 14. The van der Waals surface area contributed by atoms with Crippen molar-refractivity contribution in [1.82, 2.24) is 0 Å². The molecule has 19 nitrogen and oxygen atoms in total. The van der Waals surface area contributed by atoms with Gasteiger partial charge in [-0.15, -0.1) is 6.58 Å². The van der Waals surface area contributed by atoms with E-state index in [9.17, 15) is 81.1 Å². The summed E-state index contributed by atoms with van der Waals surface area (Å²) in [5, 5.41) is 150. The molecule has 0 aromatic heterocycles. The molecular weight excluding hydrogens is 1110 g/mol. The summed E-state index contributed by atoms with van der Waals surface area (Å²) in [6.07, 6.45) is 17.6. The van der Waals surface area contributed by atoms with Gasteiger partial charge in [0.1, 0.15) is 30.2 Å². The normalized spacial score (nSPS) is 37.6. The minimum absolute atomic E-state index is 0.00582. The van der Waals surface area contributed by atoms with E-state index < -0.39 is 134 Å². The molecular formula is C67H107NO18. The molecule has 20 unspecified atom stereocenters. The van der Waals surface area contributed by atoms with Gasteiger partial charge in [0.25, 0.3) is 0 Å². The van der Waals surface area contributed by atoms with Crippen molar-refractivity contribution in [2.75, 3.05) is 6.54 Å². The molecule has 0 bridgehead atoms. The lowest BCUT2D eigenvalue weighted by molar-refractivity contribution is -0.204. The van der Waals surface area contributed by atoms with Gasteiger partial charge in [0.2, 0.25) is 0 Å². The molecule has 488 valence electrons. The fourth-order valence-electron chi connectivity index (χ4n) is 10.0. The zero-order valence-electron chi connectivity index (χ0n) is 50.9. The van der Waals surface area contributed by atoms with Crippen molar-refractivity contribution in [3.05, 3.63) is 134 Å². The number of cyclic esters (lactones) is 1. The number of carbonyl (C=O) groups is 2. The van der Waals surface area contributed by atoms with Crippen LogP contribution < -0.4 is 5.73 Å². The van der Waals surface area contributed by atoms with Gasteiger partial charge in [-0.25, -0.2) is 0 Å². The van der Waals surface area contributed by atoms with Gasteiger partial charge < -0.3 is 86.7 Å². The monoisotopic (exact) mass is 1210 g/mol. The van der Waals surface area contributed by atoms with Gasteiger partial charge >= 0.3 is 5.97 Å². The van der Waals surface area contributed by atoms with Gasteiger partial charge in [-0.1, -0.05) is 142 Å². The van der Waals surface area contributed by atoms with Crippen LogP contribution in [0.4, 0.5) is 0 Å². The molecule has 0 radical (unpaired) electrons. The Balaban J connectivity index is 2.33. The molecule has 2 rings (SSSR count). The first-order chi connectivity index (χ1) is 40.9. The van der Waals surface area contributed by atoms with Crippen LogP contribution in [-0.4, -0.2) is 194 Å². The van der Waals surface area contributed by atoms with Gasteiger partial charge in [0.15, 0.2) is 0 Å². The van der Waals surface area contributed by atoms with Crippen molar-refractivity contribution in [2.45, 2.75) is 247 Å². The molecule has 0 amide bonds. The first-order valence-electron chi connectivity index (χ1n) is 30.8. The molecule has 0 saturated heterocycles. The van der Waals surface area contributed by atoms with E-state index in [-0.39, 0.29) is 70.1 Å². The predicted molar refractivity (Wildman–Crippen MR) is 332 cm³/mol. The summed E-state index contributed by atoms with van der Waals surface area (Å²) in [4.78, 5) is 26.8. The fraction of sp³-hybridized carbons (Fsp3) is 0.642. The number of ether oxygens (including phenoxy) is 2. The van der Waals surface area contributed by atoms with Crippen LogP contribution in [-0.2, 0) is 19.1 Å². The van der Waals surface area contributed by atoms with E-state index in [1.54, 1.807) is 68.5 Å². The minimum Gasteiger partial charge on any atom is -0.458 e. The molecule has 19 heteroatoms. The summed E-state index contributed by atoms with van der Waals surface area (Å²) in [6, 6.07) is 0. The first-order valence-corrected chi connectivity index (χ1v) is 30.8. The molecule has 20 atom stereocenters. The third-order valence-electron chi connectivity index (χ3n) is 15.5. The van der Waals surface area contributed by atoms with Gasteiger partial charge in [-0.2, -0.15) is 0 Å². The maximum atomic E-state index is 13.8. The highest BCUT2D eigenvalue weighted by Crippen LogP contribution is 2.29. The number of carbonyl (C=O) groups excluding carboxylic acids is 2. The van der Waals surface area contributed by atoms with Gasteiger partial charge in [0.05, 0.1) is 79.4 Å². The van der Waals surface area contributed by atoms with E-state index in [2.05, 4.69) is 6.58 Å². The second-order valence-electron chi connectivity index (χ2n) is 23.2. The molecule has 1 aliphatic heterocycles. The number of esters is 1. The van der Waals surface area contributed by atoms with Crippen LogP contribution in [0.2, 0.25) is 0 Å². The maximum absolute atomic E-state index is 13.8. The summed E-state index contributed by atoms with van der Waals surface area (Å²) in [5.74, 6) is -2.70. The number of ketones is 1. The molecule has 16 N–H and O–H groups in total. The lowest BCUT2D eigenvalue weighted by Crippen LogP contribution is -2.57. The molecule has 1 heterocycles. The van der Waals surface area contributed by atoms with E-state index in [0.29, 0.717) is 57.9 Å². The van der Waals surface area contributed by atoms with Crippen molar-refractivity contribution in [2.24, 2.45) is 23.5 Å². The molecule has 2 aliphatic rings. The third kappa shape index (κ3) is 33.8. The molecule has 1 saturated carbocycles. The molecule has 1 fully saturated rings. The molecule has 0 spiro atoms. The number of hydrogen-bond donors (Lipinski definition) is 15. The topological polar surface area (TPSA) is 362 Å². The smallest absolute Gasteiger partial charge is 0.306 e. The van der Waals surface area contributed by atoms with Crippen molar-refractivity contribution < 1.29 is 90.6 Å². The summed E-state index contributed by atoms with van der Waals surface area (Å²) in [7, 11) is 0. The van der Waals surface area contributed by atoms with Crippen LogP contribution in [0.1, 0.15) is 143 Å². The van der Waals surface area contributed by atoms with E-state index in [4.69, 9.17) is 15.2 Å². The number of aliphatic hydroxyl groups excluding tert-OH is 14. The van der Waals surface area contributed by atoms with Crippen LogP contribution in [0.15, 0.2) is 134 Å². The highest BCUT2D eigenvalue weighted by atomic mass is 16.5. The van der Waals surface area contributed by atoms with E-state index in [1.165, 1.54) is 12.2 Å². The highest BCUT2D eigenvalue weighted by molar-refractivity contribution is 5.81. The van der Waals surface area contributed by atoms with Gasteiger partial charge in [-0.3, -0.25) is 9.59 Å². The number of allylic oxidation sites excluding steroid dienone is 12. The Morgan fingerprint density at radius 1 is 0.651 bits per heavy atom. The van der Waals surface area contributed by atoms with Crippen molar-refractivity contribution in [1.29, 1.82) is 0 Å². The van der Waals surface area contributed by atoms with E-state index in [0.717, 1.165) is 5.57 Å². The third-order valence-corrected chi connectivity index (χ3v) is 15.5. The van der Waals surface area contributed by atoms with Crippen molar-refractivity contribution in [3.63, 3.8) is 0 Å². The summed E-state index contributed by atoms with van der Waals surface area (Å²) in [6.45, 7) is 9.52. The van der Waals surface area contributed by atoms with Crippen LogP contribution in [0, 0.1) is 17.8 Å². The van der Waals surface area contributed by atoms with Crippen LogP contribution >= 0.6 is 0 Å². The second kappa shape index (κ2) is 45.0. The van der Waals surface area contributed by atoms with Gasteiger partial charge in [-0.05, 0) is 103 Å². The summed E-state index contributed by atoms with van der Waals surface area (Å²) >= 11 is 0.